The highest BCUT2D eigenvalue weighted by molar-refractivity contribution is 7.98. The summed E-state index contributed by atoms with van der Waals surface area (Å²) in [5.74, 6) is 1.41. The van der Waals surface area contributed by atoms with Crippen LogP contribution in [-0.2, 0) is 4.79 Å². The van der Waals surface area contributed by atoms with Gasteiger partial charge in [-0.15, -0.1) is 11.8 Å². The lowest BCUT2D eigenvalue weighted by Gasteiger charge is -2.13. The highest BCUT2D eigenvalue weighted by atomic mass is 32.2. The van der Waals surface area contributed by atoms with Gasteiger partial charge in [-0.05, 0) is 44.4 Å². The molecule has 0 aliphatic rings. The van der Waals surface area contributed by atoms with Gasteiger partial charge in [-0.25, -0.2) is 0 Å². The van der Waals surface area contributed by atoms with Crippen molar-refractivity contribution in [2.75, 3.05) is 11.6 Å². The molecule has 2 aromatic rings. The zero-order valence-corrected chi connectivity index (χ0v) is 12.4. The van der Waals surface area contributed by atoms with Crippen LogP contribution in [0.5, 0.6) is 5.75 Å². The second-order valence-corrected chi connectivity index (χ2v) is 5.13. The van der Waals surface area contributed by atoms with Crippen LogP contribution in [0.15, 0.2) is 39.8 Å². The van der Waals surface area contributed by atoms with E-state index in [0.29, 0.717) is 17.3 Å². The summed E-state index contributed by atoms with van der Waals surface area (Å²) >= 11 is 1.65. The molecule has 1 aromatic carbocycles. The number of rotatable bonds is 5. The molecule has 1 atom stereocenters. The summed E-state index contributed by atoms with van der Waals surface area (Å²) < 4.78 is 10.5. The second kappa shape index (κ2) is 6.47. The maximum atomic E-state index is 11.9. The highest BCUT2D eigenvalue weighted by Gasteiger charge is 2.16. The molecule has 0 fully saturated rings. The van der Waals surface area contributed by atoms with E-state index in [4.69, 9.17) is 9.26 Å². The van der Waals surface area contributed by atoms with E-state index < -0.39 is 6.10 Å². The van der Waals surface area contributed by atoms with Crippen LogP contribution < -0.4 is 10.1 Å². The Morgan fingerprint density at radius 1 is 1.40 bits per heavy atom. The van der Waals surface area contributed by atoms with Crippen molar-refractivity contribution >= 4 is 23.5 Å². The zero-order chi connectivity index (χ0) is 14.5. The Balaban J connectivity index is 1.92. The average molecular weight is 292 g/mol. The van der Waals surface area contributed by atoms with Crippen molar-refractivity contribution in [2.45, 2.75) is 24.8 Å². The monoisotopic (exact) mass is 292 g/mol. The van der Waals surface area contributed by atoms with Gasteiger partial charge in [0.25, 0.3) is 5.91 Å². The maximum Gasteiger partial charge on any atom is 0.266 e. The molecule has 1 heterocycles. The first kappa shape index (κ1) is 14.5. The number of hydrogen-bond donors (Lipinski definition) is 1. The molecular formula is C14H16N2O3S. The molecule has 0 saturated heterocycles. The summed E-state index contributed by atoms with van der Waals surface area (Å²) in [5, 5.41) is 6.34. The molecule has 2 rings (SSSR count). The number of amides is 1. The number of hydrogen-bond acceptors (Lipinski definition) is 5. The fourth-order valence-electron chi connectivity index (χ4n) is 1.57. The summed E-state index contributed by atoms with van der Waals surface area (Å²) in [6.07, 6.45) is 1.39. The van der Waals surface area contributed by atoms with Crippen molar-refractivity contribution < 1.29 is 14.1 Å². The molecule has 1 amide bonds. The molecule has 0 radical (unpaired) electrons. The second-order valence-electron chi connectivity index (χ2n) is 4.25. The average Bonchev–Trinajstić information content (AvgIpc) is 2.85. The summed E-state index contributed by atoms with van der Waals surface area (Å²) in [4.78, 5) is 13.1. The quantitative estimate of drug-likeness (QED) is 0.858. The normalized spacial score (nSPS) is 11.9. The first-order chi connectivity index (χ1) is 9.58. The minimum absolute atomic E-state index is 0.271. The molecular weight excluding hydrogens is 276 g/mol. The maximum absolute atomic E-state index is 11.9. The number of aryl methyl sites for hydroxylation is 1. The van der Waals surface area contributed by atoms with Gasteiger partial charge in [-0.3, -0.25) is 4.79 Å². The van der Waals surface area contributed by atoms with E-state index in [1.807, 2.05) is 30.5 Å². The lowest BCUT2D eigenvalue weighted by atomic mass is 10.3. The predicted octanol–water partition coefficient (Wildman–Crippen LogP) is 3.11. The number of nitrogens with zero attached hydrogens (tertiary/aromatic N) is 1. The Bertz CT molecular complexity index is 580. The molecule has 0 saturated carbocycles. The van der Waals surface area contributed by atoms with E-state index in [-0.39, 0.29) is 5.91 Å². The van der Waals surface area contributed by atoms with Crippen LogP contribution in [0, 0.1) is 6.92 Å². The molecule has 0 bridgehead atoms. The standard InChI is InChI=1S/C14H16N2O3S/c1-9-8-13(16-19-9)15-14(17)10(2)18-11-4-6-12(20-3)7-5-11/h4-8,10H,1-3H3,(H,15,16,17)/t10-/m1/s1. The number of benzene rings is 1. The number of ether oxygens (including phenoxy) is 1. The van der Waals surface area contributed by atoms with E-state index in [9.17, 15) is 4.79 Å². The molecule has 0 spiro atoms. The number of carbonyl (C=O) groups is 1. The van der Waals surface area contributed by atoms with Crippen LogP contribution in [0.4, 0.5) is 5.82 Å². The van der Waals surface area contributed by atoms with Crippen LogP contribution in [0.3, 0.4) is 0 Å². The van der Waals surface area contributed by atoms with E-state index in [2.05, 4.69) is 10.5 Å². The first-order valence-electron chi connectivity index (χ1n) is 6.13. The molecule has 0 unspecified atom stereocenters. The van der Waals surface area contributed by atoms with Gasteiger partial charge in [0, 0.05) is 11.0 Å². The van der Waals surface area contributed by atoms with E-state index in [1.165, 1.54) is 0 Å². The minimum Gasteiger partial charge on any atom is -0.481 e. The molecule has 20 heavy (non-hydrogen) atoms. The van der Waals surface area contributed by atoms with Crippen molar-refractivity contribution in [1.82, 2.24) is 5.16 Å². The molecule has 1 aromatic heterocycles. The van der Waals surface area contributed by atoms with E-state index in [1.54, 1.807) is 31.7 Å². The lowest BCUT2D eigenvalue weighted by molar-refractivity contribution is -0.122. The zero-order valence-electron chi connectivity index (χ0n) is 11.5. The number of anilines is 1. The summed E-state index contributed by atoms with van der Waals surface area (Å²) in [5.41, 5.74) is 0. The number of carbonyl (C=O) groups excluding carboxylic acids is 1. The largest absolute Gasteiger partial charge is 0.481 e. The Morgan fingerprint density at radius 2 is 2.10 bits per heavy atom. The van der Waals surface area contributed by atoms with Gasteiger partial charge < -0.3 is 14.6 Å². The summed E-state index contributed by atoms with van der Waals surface area (Å²) in [6.45, 7) is 3.45. The van der Waals surface area contributed by atoms with E-state index >= 15 is 0 Å². The molecule has 5 nitrogen and oxygen atoms in total. The Morgan fingerprint density at radius 3 is 2.65 bits per heavy atom. The van der Waals surface area contributed by atoms with Gasteiger partial charge in [-0.1, -0.05) is 5.16 Å². The minimum atomic E-state index is -0.618. The third-order valence-electron chi connectivity index (χ3n) is 2.62. The van der Waals surface area contributed by atoms with Crippen LogP contribution in [0.25, 0.3) is 0 Å². The Labute approximate surface area is 121 Å². The van der Waals surface area contributed by atoms with Crippen molar-refractivity contribution in [1.29, 1.82) is 0 Å². The van der Waals surface area contributed by atoms with Gasteiger partial charge in [-0.2, -0.15) is 0 Å². The topological polar surface area (TPSA) is 64.4 Å². The predicted molar refractivity (Wildman–Crippen MR) is 78.2 cm³/mol. The first-order valence-corrected chi connectivity index (χ1v) is 7.36. The number of aromatic nitrogens is 1. The summed E-state index contributed by atoms with van der Waals surface area (Å²) in [7, 11) is 0. The van der Waals surface area contributed by atoms with Crippen molar-refractivity contribution in [3.8, 4) is 5.75 Å². The van der Waals surface area contributed by atoms with Crippen molar-refractivity contribution in [2.24, 2.45) is 0 Å². The third-order valence-corrected chi connectivity index (χ3v) is 3.36. The molecule has 1 N–H and O–H groups in total. The van der Waals surface area contributed by atoms with Crippen LogP contribution in [0.1, 0.15) is 12.7 Å². The molecule has 6 heteroatoms. The van der Waals surface area contributed by atoms with E-state index in [0.717, 1.165) is 4.90 Å². The SMILES string of the molecule is CSc1ccc(O[C@H](C)C(=O)Nc2cc(C)on2)cc1. The Hall–Kier alpha value is -1.95. The van der Waals surface area contributed by atoms with Gasteiger partial charge >= 0.3 is 0 Å². The molecule has 0 aliphatic carbocycles. The summed E-state index contributed by atoms with van der Waals surface area (Å²) in [6, 6.07) is 9.24. The van der Waals surface area contributed by atoms with Crippen molar-refractivity contribution in [3.05, 3.63) is 36.1 Å². The van der Waals surface area contributed by atoms with Gasteiger partial charge in [0.05, 0.1) is 0 Å². The highest BCUT2D eigenvalue weighted by Crippen LogP contribution is 2.20. The van der Waals surface area contributed by atoms with Crippen molar-refractivity contribution in [3.63, 3.8) is 0 Å². The third kappa shape index (κ3) is 3.77. The van der Waals surface area contributed by atoms with Crippen LogP contribution in [0.2, 0.25) is 0 Å². The number of nitrogens with one attached hydrogen (secondary N) is 1. The van der Waals surface area contributed by atoms with Crippen LogP contribution >= 0.6 is 11.8 Å². The fraction of sp³-hybridized carbons (Fsp3) is 0.286. The molecule has 106 valence electrons. The Kier molecular flexibility index (Phi) is 4.68. The fourth-order valence-corrected chi connectivity index (χ4v) is 1.97. The number of thioether (sulfide) groups is 1. The van der Waals surface area contributed by atoms with Gasteiger partial charge in [0.2, 0.25) is 0 Å². The smallest absolute Gasteiger partial charge is 0.266 e. The van der Waals surface area contributed by atoms with Gasteiger partial charge in [0.15, 0.2) is 11.9 Å². The van der Waals surface area contributed by atoms with Crippen LogP contribution in [-0.4, -0.2) is 23.4 Å². The van der Waals surface area contributed by atoms with Gasteiger partial charge in [0.1, 0.15) is 11.5 Å². The molecule has 0 aliphatic heterocycles. The lowest BCUT2D eigenvalue weighted by Crippen LogP contribution is -2.30.